The summed E-state index contributed by atoms with van der Waals surface area (Å²) in [6.07, 6.45) is 9.28. The molecule has 1 saturated heterocycles. The SMILES string of the molecule is CC(=O)N(Cc1cncnc1)[C@H]1CCCN(Cc2ccc3c(c2)CCO3)CC1. The molecule has 1 aromatic heterocycles. The molecule has 3 heterocycles. The first-order chi connectivity index (χ1) is 13.7. The maximum absolute atomic E-state index is 12.3. The Morgan fingerprint density at radius 2 is 2.07 bits per heavy atom. The molecule has 1 amide bonds. The summed E-state index contributed by atoms with van der Waals surface area (Å²) in [7, 11) is 0. The fourth-order valence-electron chi connectivity index (χ4n) is 4.31. The summed E-state index contributed by atoms with van der Waals surface area (Å²) < 4.78 is 5.62. The normalized spacial score (nSPS) is 19.5. The fourth-order valence-corrected chi connectivity index (χ4v) is 4.31. The van der Waals surface area contributed by atoms with Gasteiger partial charge in [-0.1, -0.05) is 12.1 Å². The van der Waals surface area contributed by atoms with Gasteiger partial charge in [-0.25, -0.2) is 9.97 Å². The van der Waals surface area contributed by atoms with Crippen LogP contribution in [-0.4, -0.2) is 51.4 Å². The van der Waals surface area contributed by atoms with Crippen molar-refractivity contribution in [1.29, 1.82) is 0 Å². The van der Waals surface area contributed by atoms with Crippen LogP contribution in [0.2, 0.25) is 0 Å². The zero-order valence-corrected chi connectivity index (χ0v) is 16.5. The van der Waals surface area contributed by atoms with Gasteiger partial charge < -0.3 is 9.64 Å². The van der Waals surface area contributed by atoms with Gasteiger partial charge in [-0.3, -0.25) is 9.69 Å². The van der Waals surface area contributed by atoms with Gasteiger partial charge in [0.2, 0.25) is 5.91 Å². The van der Waals surface area contributed by atoms with E-state index in [0.29, 0.717) is 6.54 Å². The summed E-state index contributed by atoms with van der Waals surface area (Å²) in [5.41, 5.74) is 3.67. The maximum Gasteiger partial charge on any atom is 0.219 e. The van der Waals surface area contributed by atoms with Gasteiger partial charge in [-0.05, 0) is 43.0 Å². The molecule has 0 spiro atoms. The summed E-state index contributed by atoms with van der Waals surface area (Å²) >= 11 is 0. The monoisotopic (exact) mass is 380 g/mol. The molecule has 4 rings (SSSR count). The number of rotatable bonds is 5. The molecule has 0 unspecified atom stereocenters. The highest BCUT2D eigenvalue weighted by Gasteiger charge is 2.25. The zero-order chi connectivity index (χ0) is 19.3. The third-order valence-corrected chi connectivity index (χ3v) is 5.76. The van der Waals surface area contributed by atoms with Crippen LogP contribution in [0.1, 0.15) is 42.9 Å². The van der Waals surface area contributed by atoms with Gasteiger partial charge in [0.25, 0.3) is 0 Å². The number of fused-ring (bicyclic) bond motifs is 1. The number of hydrogen-bond acceptors (Lipinski definition) is 5. The lowest BCUT2D eigenvalue weighted by molar-refractivity contribution is -0.132. The summed E-state index contributed by atoms with van der Waals surface area (Å²) in [5.74, 6) is 1.17. The molecule has 6 nitrogen and oxygen atoms in total. The Morgan fingerprint density at radius 3 is 2.89 bits per heavy atom. The summed E-state index contributed by atoms with van der Waals surface area (Å²) in [5, 5.41) is 0. The predicted octanol–water partition coefficient (Wildman–Crippen LogP) is 2.81. The van der Waals surface area contributed by atoms with Crippen LogP contribution in [0.4, 0.5) is 0 Å². The average Bonchev–Trinajstić information content (AvgIpc) is 3.05. The number of hydrogen-bond donors (Lipinski definition) is 0. The van der Waals surface area contributed by atoms with E-state index in [9.17, 15) is 4.79 Å². The number of carbonyl (C=O) groups excluding carboxylic acids is 1. The largest absolute Gasteiger partial charge is 0.493 e. The third kappa shape index (κ3) is 4.50. The first kappa shape index (κ1) is 18.9. The van der Waals surface area contributed by atoms with Crippen LogP contribution in [-0.2, 0) is 24.3 Å². The van der Waals surface area contributed by atoms with E-state index >= 15 is 0 Å². The molecular weight excluding hydrogens is 352 g/mol. The molecule has 2 aliphatic rings. The highest BCUT2D eigenvalue weighted by molar-refractivity contribution is 5.73. The van der Waals surface area contributed by atoms with Crippen LogP contribution < -0.4 is 4.74 Å². The lowest BCUT2D eigenvalue weighted by Crippen LogP contribution is -2.39. The molecule has 1 fully saturated rings. The average molecular weight is 380 g/mol. The molecule has 148 valence electrons. The molecule has 28 heavy (non-hydrogen) atoms. The van der Waals surface area contributed by atoms with Crippen LogP contribution in [0.15, 0.2) is 36.9 Å². The Kier molecular flexibility index (Phi) is 5.86. The highest BCUT2D eigenvalue weighted by Crippen LogP contribution is 2.27. The predicted molar refractivity (Wildman–Crippen MR) is 107 cm³/mol. The van der Waals surface area contributed by atoms with E-state index in [2.05, 4.69) is 33.1 Å². The quantitative estimate of drug-likeness (QED) is 0.798. The molecule has 0 aliphatic carbocycles. The molecule has 1 aromatic carbocycles. The summed E-state index contributed by atoms with van der Waals surface area (Å²) in [6, 6.07) is 6.86. The van der Waals surface area contributed by atoms with E-state index in [0.717, 1.165) is 63.2 Å². The van der Waals surface area contributed by atoms with Crippen molar-refractivity contribution in [3.63, 3.8) is 0 Å². The molecule has 0 saturated carbocycles. The lowest BCUT2D eigenvalue weighted by Gasteiger charge is -2.30. The molecule has 2 aromatic rings. The number of carbonyl (C=O) groups is 1. The first-order valence-electron chi connectivity index (χ1n) is 10.2. The van der Waals surface area contributed by atoms with Crippen LogP contribution in [0.25, 0.3) is 0 Å². The topological polar surface area (TPSA) is 58.6 Å². The van der Waals surface area contributed by atoms with Crippen LogP contribution in [0, 0.1) is 0 Å². The second kappa shape index (κ2) is 8.69. The minimum Gasteiger partial charge on any atom is -0.493 e. The van der Waals surface area contributed by atoms with Crippen molar-refractivity contribution in [2.75, 3.05) is 19.7 Å². The van der Waals surface area contributed by atoms with Crippen molar-refractivity contribution < 1.29 is 9.53 Å². The van der Waals surface area contributed by atoms with Gasteiger partial charge in [-0.15, -0.1) is 0 Å². The molecule has 0 radical (unpaired) electrons. The van der Waals surface area contributed by atoms with E-state index in [1.807, 2.05) is 4.90 Å². The van der Waals surface area contributed by atoms with Gasteiger partial charge in [0, 0.05) is 57.0 Å². The molecule has 1 atom stereocenters. The standard InChI is InChI=1S/C22H28N4O2/c1-17(27)26(15-19-12-23-16-24-13-19)21-3-2-8-25(9-6-21)14-18-4-5-22-20(11-18)7-10-28-22/h4-5,11-13,16,21H,2-3,6-10,14-15H2,1H3/t21-/m0/s1. The van der Waals surface area contributed by atoms with Gasteiger partial charge in [0.05, 0.1) is 6.61 Å². The van der Waals surface area contributed by atoms with E-state index in [1.54, 1.807) is 19.3 Å². The van der Waals surface area contributed by atoms with Crippen LogP contribution >= 0.6 is 0 Å². The number of ether oxygens (including phenoxy) is 1. The van der Waals surface area contributed by atoms with Crippen molar-refractivity contribution in [3.8, 4) is 5.75 Å². The minimum absolute atomic E-state index is 0.126. The second-order valence-corrected chi connectivity index (χ2v) is 7.80. The number of nitrogens with zero attached hydrogens (tertiary/aromatic N) is 4. The Balaban J connectivity index is 1.37. The number of benzene rings is 1. The van der Waals surface area contributed by atoms with E-state index in [4.69, 9.17) is 4.74 Å². The molecule has 0 bridgehead atoms. The molecule has 6 heteroatoms. The number of likely N-dealkylation sites (tertiary alicyclic amines) is 1. The Hall–Kier alpha value is -2.47. The second-order valence-electron chi connectivity index (χ2n) is 7.80. The number of aromatic nitrogens is 2. The maximum atomic E-state index is 12.3. The van der Waals surface area contributed by atoms with Crippen molar-refractivity contribution in [2.24, 2.45) is 0 Å². The third-order valence-electron chi connectivity index (χ3n) is 5.76. The van der Waals surface area contributed by atoms with Crippen LogP contribution in [0.5, 0.6) is 5.75 Å². The van der Waals surface area contributed by atoms with Crippen LogP contribution in [0.3, 0.4) is 0 Å². The lowest BCUT2D eigenvalue weighted by atomic mass is 10.1. The Labute approximate surface area is 166 Å². The van der Waals surface area contributed by atoms with Crippen molar-refractivity contribution >= 4 is 5.91 Å². The summed E-state index contributed by atoms with van der Waals surface area (Å²) in [4.78, 5) is 25.0. The number of amides is 1. The van der Waals surface area contributed by atoms with E-state index < -0.39 is 0 Å². The van der Waals surface area contributed by atoms with Crippen molar-refractivity contribution in [1.82, 2.24) is 19.8 Å². The van der Waals surface area contributed by atoms with Gasteiger partial charge in [-0.2, -0.15) is 0 Å². The van der Waals surface area contributed by atoms with Gasteiger partial charge in [0.15, 0.2) is 0 Å². The fraction of sp³-hybridized carbons (Fsp3) is 0.500. The van der Waals surface area contributed by atoms with E-state index in [-0.39, 0.29) is 11.9 Å². The minimum atomic E-state index is 0.126. The Bertz CT molecular complexity index is 811. The van der Waals surface area contributed by atoms with Gasteiger partial charge in [0.1, 0.15) is 12.1 Å². The summed E-state index contributed by atoms with van der Waals surface area (Å²) in [6.45, 7) is 6.10. The molecule has 0 N–H and O–H groups in total. The van der Waals surface area contributed by atoms with Crippen molar-refractivity contribution in [2.45, 2.75) is 51.7 Å². The Morgan fingerprint density at radius 1 is 1.21 bits per heavy atom. The molecule has 2 aliphatic heterocycles. The first-order valence-corrected chi connectivity index (χ1v) is 10.2. The smallest absolute Gasteiger partial charge is 0.219 e. The zero-order valence-electron chi connectivity index (χ0n) is 16.5. The van der Waals surface area contributed by atoms with Crippen molar-refractivity contribution in [3.05, 3.63) is 53.6 Å². The van der Waals surface area contributed by atoms with Gasteiger partial charge >= 0.3 is 0 Å². The molecular formula is C22H28N4O2. The van der Waals surface area contributed by atoms with E-state index in [1.165, 1.54) is 17.5 Å². The highest BCUT2D eigenvalue weighted by atomic mass is 16.5.